The Morgan fingerprint density at radius 2 is 2.20 bits per heavy atom. The Labute approximate surface area is 115 Å². The summed E-state index contributed by atoms with van der Waals surface area (Å²) in [5, 5.41) is 11.6. The lowest BCUT2D eigenvalue weighted by molar-refractivity contribution is 0.249. The zero-order chi connectivity index (χ0) is 14.2. The molecule has 0 aliphatic rings. The number of rotatable bonds is 5. The fraction of sp³-hybridized carbons (Fsp3) is 0.0769. The first kappa shape index (κ1) is 13.5. The van der Waals surface area contributed by atoms with Crippen molar-refractivity contribution in [3.05, 3.63) is 53.9 Å². The van der Waals surface area contributed by atoms with Crippen molar-refractivity contribution >= 4 is 18.3 Å². The number of nitrogens with two attached hydrogens (primary N) is 1. The van der Waals surface area contributed by atoms with Crippen LogP contribution in [-0.2, 0) is 6.54 Å². The first-order chi connectivity index (χ1) is 9.74. The minimum atomic E-state index is -0.705. The summed E-state index contributed by atoms with van der Waals surface area (Å²) in [6.07, 6.45) is 6.58. The number of nitrogens with one attached hydrogen (secondary N) is 1. The SMILES string of the molecule is NC(=O)N/N=C\C=C\c1cn(Cc2ccccc2)nn1. The van der Waals surface area contributed by atoms with Crippen LogP contribution in [0.3, 0.4) is 0 Å². The molecule has 0 saturated heterocycles. The number of urea groups is 1. The highest BCUT2D eigenvalue weighted by atomic mass is 16.2. The number of primary amides is 1. The maximum atomic E-state index is 10.4. The molecule has 1 heterocycles. The van der Waals surface area contributed by atoms with E-state index < -0.39 is 6.03 Å². The van der Waals surface area contributed by atoms with Crippen molar-refractivity contribution in [2.45, 2.75) is 6.54 Å². The van der Waals surface area contributed by atoms with E-state index in [0.717, 1.165) is 5.56 Å². The van der Waals surface area contributed by atoms with Crippen LogP contribution in [0.1, 0.15) is 11.3 Å². The van der Waals surface area contributed by atoms with Gasteiger partial charge in [-0.3, -0.25) is 0 Å². The Morgan fingerprint density at radius 1 is 1.40 bits per heavy atom. The van der Waals surface area contributed by atoms with E-state index in [1.807, 2.05) is 36.5 Å². The highest BCUT2D eigenvalue weighted by Gasteiger charge is 1.98. The van der Waals surface area contributed by atoms with Crippen LogP contribution in [-0.4, -0.2) is 27.2 Å². The lowest BCUT2D eigenvalue weighted by atomic mass is 10.2. The second-order valence-electron chi connectivity index (χ2n) is 3.94. The van der Waals surface area contributed by atoms with Crippen molar-refractivity contribution in [2.24, 2.45) is 10.8 Å². The van der Waals surface area contributed by atoms with Gasteiger partial charge in [-0.05, 0) is 17.7 Å². The van der Waals surface area contributed by atoms with E-state index in [4.69, 9.17) is 5.73 Å². The molecule has 0 aliphatic heterocycles. The summed E-state index contributed by atoms with van der Waals surface area (Å²) in [5.41, 5.74) is 8.79. The molecule has 1 aromatic carbocycles. The van der Waals surface area contributed by atoms with Gasteiger partial charge in [0.1, 0.15) is 5.69 Å². The van der Waals surface area contributed by atoms with Crippen molar-refractivity contribution in [2.75, 3.05) is 0 Å². The molecular formula is C13H14N6O. The molecule has 7 heteroatoms. The molecule has 20 heavy (non-hydrogen) atoms. The summed E-state index contributed by atoms with van der Waals surface area (Å²) in [6, 6.07) is 9.28. The summed E-state index contributed by atoms with van der Waals surface area (Å²) in [6.45, 7) is 0.666. The van der Waals surface area contributed by atoms with E-state index in [0.29, 0.717) is 12.2 Å². The zero-order valence-corrected chi connectivity index (χ0v) is 10.7. The fourth-order valence-electron chi connectivity index (χ4n) is 1.52. The molecule has 0 bridgehead atoms. The highest BCUT2D eigenvalue weighted by Crippen LogP contribution is 2.02. The molecule has 0 radical (unpaired) electrons. The van der Waals surface area contributed by atoms with Gasteiger partial charge in [0.05, 0.1) is 12.7 Å². The Morgan fingerprint density at radius 3 is 2.95 bits per heavy atom. The monoisotopic (exact) mass is 270 g/mol. The van der Waals surface area contributed by atoms with Crippen molar-refractivity contribution < 1.29 is 4.79 Å². The molecule has 0 fully saturated rings. The number of nitrogens with zero attached hydrogens (tertiary/aromatic N) is 4. The van der Waals surface area contributed by atoms with Crippen molar-refractivity contribution in [3.63, 3.8) is 0 Å². The molecule has 2 amide bonds. The third-order valence-electron chi connectivity index (χ3n) is 2.35. The van der Waals surface area contributed by atoms with E-state index in [9.17, 15) is 4.79 Å². The average molecular weight is 270 g/mol. The van der Waals surface area contributed by atoms with E-state index in [-0.39, 0.29) is 0 Å². The highest BCUT2D eigenvalue weighted by molar-refractivity contribution is 5.79. The number of carbonyl (C=O) groups excluding carboxylic acids is 1. The van der Waals surface area contributed by atoms with Crippen LogP contribution in [0.2, 0.25) is 0 Å². The number of aromatic nitrogens is 3. The predicted molar refractivity (Wildman–Crippen MR) is 75.8 cm³/mol. The lowest BCUT2D eigenvalue weighted by Crippen LogP contribution is -2.24. The smallest absolute Gasteiger partial charge is 0.332 e. The standard InChI is InChI=1S/C13H14N6O/c14-13(20)17-15-8-4-7-12-10-19(18-16-12)9-11-5-2-1-3-6-11/h1-8,10H,9H2,(H3,14,17,20)/b7-4+,15-8-. The van der Waals surface area contributed by atoms with Crippen LogP contribution < -0.4 is 11.2 Å². The van der Waals surface area contributed by atoms with E-state index in [2.05, 4.69) is 20.8 Å². The number of hydrazone groups is 1. The van der Waals surface area contributed by atoms with Crippen LogP contribution in [0.4, 0.5) is 4.79 Å². The quantitative estimate of drug-likeness (QED) is 0.626. The van der Waals surface area contributed by atoms with Gasteiger partial charge < -0.3 is 5.73 Å². The third kappa shape index (κ3) is 4.37. The number of carbonyl (C=O) groups is 1. The Balaban J connectivity index is 1.91. The molecule has 2 aromatic rings. The van der Waals surface area contributed by atoms with Gasteiger partial charge in [-0.25, -0.2) is 14.9 Å². The van der Waals surface area contributed by atoms with Gasteiger partial charge in [0.2, 0.25) is 0 Å². The van der Waals surface area contributed by atoms with E-state index >= 15 is 0 Å². The van der Waals surface area contributed by atoms with Gasteiger partial charge >= 0.3 is 6.03 Å². The van der Waals surface area contributed by atoms with Crippen molar-refractivity contribution in [1.82, 2.24) is 20.4 Å². The molecule has 102 valence electrons. The summed E-state index contributed by atoms with van der Waals surface area (Å²) in [7, 11) is 0. The predicted octanol–water partition coefficient (Wildman–Crippen LogP) is 0.994. The molecule has 1 aromatic heterocycles. The van der Waals surface area contributed by atoms with Crippen LogP contribution in [0.25, 0.3) is 6.08 Å². The fourth-order valence-corrected chi connectivity index (χ4v) is 1.52. The van der Waals surface area contributed by atoms with Gasteiger partial charge in [-0.15, -0.1) is 5.10 Å². The average Bonchev–Trinajstić information content (AvgIpc) is 2.87. The van der Waals surface area contributed by atoms with E-state index in [1.165, 1.54) is 6.21 Å². The topological polar surface area (TPSA) is 98.2 Å². The van der Waals surface area contributed by atoms with E-state index in [1.54, 1.807) is 16.8 Å². The molecule has 0 spiro atoms. The minimum absolute atomic E-state index is 0.666. The molecule has 7 nitrogen and oxygen atoms in total. The molecule has 2 rings (SSSR count). The van der Waals surface area contributed by atoms with Gasteiger partial charge in [0, 0.05) is 6.21 Å². The second-order valence-corrected chi connectivity index (χ2v) is 3.94. The number of allylic oxidation sites excluding steroid dienone is 1. The van der Waals surface area contributed by atoms with Crippen LogP contribution in [0.5, 0.6) is 0 Å². The number of hydrogen-bond acceptors (Lipinski definition) is 4. The number of benzene rings is 1. The summed E-state index contributed by atoms with van der Waals surface area (Å²) >= 11 is 0. The third-order valence-corrected chi connectivity index (χ3v) is 2.35. The van der Waals surface area contributed by atoms with Gasteiger partial charge in [-0.2, -0.15) is 5.10 Å². The van der Waals surface area contributed by atoms with Gasteiger partial charge in [0.15, 0.2) is 0 Å². The van der Waals surface area contributed by atoms with Crippen molar-refractivity contribution in [1.29, 1.82) is 0 Å². The maximum absolute atomic E-state index is 10.4. The minimum Gasteiger partial charge on any atom is -0.350 e. The molecule has 0 unspecified atom stereocenters. The van der Waals surface area contributed by atoms with Crippen LogP contribution in [0, 0.1) is 0 Å². The maximum Gasteiger partial charge on any atom is 0.332 e. The zero-order valence-electron chi connectivity index (χ0n) is 10.7. The number of amides is 2. The molecule has 0 aliphatic carbocycles. The summed E-state index contributed by atoms with van der Waals surface area (Å²) in [5.74, 6) is 0. The van der Waals surface area contributed by atoms with Crippen LogP contribution in [0.15, 0.2) is 47.7 Å². The van der Waals surface area contributed by atoms with Crippen molar-refractivity contribution in [3.8, 4) is 0 Å². The number of hydrogen-bond donors (Lipinski definition) is 2. The molecule has 0 atom stereocenters. The molecule has 3 N–H and O–H groups in total. The second kappa shape index (κ2) is 6.83. The summed E-state index contributed by atoms with van der Waals surface area (Å²) in [4.78, 5) is 10.4. The Bertz CT molecular complexity index is 617. The normalized spacial score (nSPS) is 11.2. The largest absolute Gasteiger partial charge is 0.350 e. The van der Waals surface area contributed by atoms with Crippen LogP contribution >= 0.6 is 0 Å². The molecular weight excluding hydrogens is 256 g/mol. The summed E-state index contributed by atoms with van der Waals surface area (Å²) < 4.78 is 1.74. The van der Waals surface area contributed by atoms with Gasteiger partial charge in [-0.1, -0.05) is 35.5 Å². The Hall–Kier alpha value is -2.96. The van der Waals surface area contributed by atoms with Gasteiger partial charge in [0.25, 0.3) is 0 Å². The first-order valence-corrected chi connectivity index (χ1v) is 5.93. The first-order valence-electron chi connectivity index (χ1n) is 5.93. The lowest BCUT2D eigenvalue weighted by Gasteiger charge is -1.98. The Kier molecular flexibility index (Phi) is 4.60. The molecule has 0 saturated carbocycles.